The number of hydrogen-bond acceptors (Lipinski definition) is 8. The molecule has 11 heteroatoms. The van der Waals surface area contributed by atoms with E-state index in [1.807, 2.05) is 18.4 Å². The lowest BCUT2D eigenvalue weighted by Crippen LogP contribution is -2.35. The monoisotopic (exact) mass is 516 g/mol. The molecular weight excluding hydrogens is 492 g/mol. The molecule has 2 rings (SSSR count). The lowest BCUT2D eigenvalue weighted by atomic mass is 10.2. The molecule has 2 N–H and O–H groups in total. The fourth-order valence-electron chi connectivity index (χ4n) is 2.22. The van der Waals surface area contributed by atoms with Crippen LogP contribution in [-0.4, -0.2) is 45.6 Å². The summed E-state index contributed by atoms with van der Waals surface area (Å²) in [5.74, 6) is 1.01. The first-order valence-corrected chi connectivity index (χ1v) is 12.3. The van der Waals surface area contributed by atoms with E-state index in [4.69, 9.17) is 9.15 Å². The predicted octanol–water partition coefficient (Wildman–Crippen LogP) is 4.88. The second kappa shape index (κ2) is 11.6. The van der Waals surface area contributed by atoms with Crippen molar-refractivity contribution in [3.8, 4) is 0 Å². The molecule has 0 radical (unpaired) electrons. The van der Waals surface area contributed by atoms with Crippen LogP contribution in [-0.2, 0) is 9.53 Å². The molecule has 0 aliphatic rings. The summed E-state index contributed by atoms with van der Waals surface area (Å²) in [4.78, 5) is 24.3. The number of amides is 2. The van der Waals surface area contributed by atoms with E-state index in [1.165, 1.54) is 0 Å². The van der Waals surface area contributed by atoms with Crippen LogP contribution in [0.4, 0.5) is 10.5 Å². The number of benzene rings is 1. The maximum absolute atomic E-state index is 12.1. The number of rotatable bonds is 9. The van der Waals surface area contributed by atoms with E-state index < -0.39 is 17.7 Å². The maximum Gasteiger partial charge on any atom is 0.408 e. The van der Waals surface area contributed by atoms with Crippen LogP contribution in [0.25, 0.3) is 0 Å². The summed E-state index contributed by atoms with van der Waals surface area (Å²) in [6.45, 7) is 5.39. The zero-order valence-corrected chi connectivity index (χ0v) is 20.4. The average Bonchev–Trinajstić information content (AvgIpc) is 3.13. The summed E-state index contributed by atoms with van der Waals surface area (Å²) in [5.41, 5.74) is 0.0975. The van der Waals surface area contributed by atoms with Gasteiger partial charge in [0.15, 0.2) is 0 Å². The highest BCUT2D eigenvalue weighted by atomic mass is 79.9. The molecule has 2 aromatic rings. The van der Waals surface area contributed by atoms with Gasteiger partial charge in [0, 0.05) is 10.2 Å². The Kier molecular flexibility index (Phi) is 9.50. The van der Waals surface area contributed by atoms with E-state index in [9.17, 15) is 9.59 Å². The van der Waals surface area contributed by atoms with Gasteiger partial charge in [-0.15, -0.1) is 10.2 Å². The number of thioether (sulfide) groups is 2. The van der Waals surface area contributed by atoms with Crippen molar-refractivity contribution in [3.05, 3.63) is 34.6 Å². The first-order chi connectivity index (χ1) is 14.2. The standard InChI is InChI=1S/C19H25BrN4O4S2/c1-19(2,3)28-17(26)22-14(9-10-29-4)16-23-24-18(27-16)30-11-15(25)21-13-7-5-12(20)6-8-13/h5-8,14H,9-11H2,1-4H3,(H,21,25)(H,22,26). The number of hydrogen-bond donors (Lipinski definition) is 2. The number of carbonyl (C=O) groups is 2. The number of nitrogens with zero attached hydrogens (tertiary/aromatic N) is 2. The van der Waals surface area contributed by atoms with Crippen molar-refractivity contribution in [1.82, 2.24) is 15.5 Å². The second-order valence-corrected chi connectivity index (χ2v) is 10.1. The van der Waals surface area contributed by atoms with Crippen LogP contribution in [0.1, 0.15) is 39.1 Å². The van der Waals surface area contributed by atoms with Crippen LogP contribution in [0.2, 0.25) is 0 Å². The van der Waals surface area contributed by atoms with Gasteiger partial charge in [-0.05, 0) is 63.5 Å². The number of halogens is 1. The third kappa shape index (κ3) is 8.97. The lowest BCUT2D eigenvalue weighted by Gasteiger charge is -2.22. The molecular formula is C19H25BrN4O4S2. The molecule has 1 unspecified atom stereocenters. The van der Waals surface area contributed by atoms with Gasteiger partial charge in [0.05, 0.1) is 5.75 Å². The molecule has 2 amide bonds. The van der Waals surface area contributed by atoms with Crippen LogP contribution in [0.3, 0.4) is 0 Å². The number of ether oxygens (including phenoxy) is 1. The molecule has 0 bridgehead atoms. The van der Waals surface area contributed by atoms with Gasteiger partial charge >= 0.3 is 6.09 Å². The minimum Gasteiger partial charge on any atom is -0.444 e. The van der Waals surface area contributed by atoms with E-state index >= 15 is 0 Å². The van der Waals surface area contributed by atoms with Gasteiger partial charge in [0.2, 0.25) is 11.8 Å². The lowest BCUT2D eigenvalue weighted by molar-refractivity contribution is -0.113. The largest absolute Gasteiger partial charge is 0.444 e. The average molecular weight is 517 g/mol. The Morgan fingerprint density at radius 2 is 1.93 bits per heavy atom. The van der Waals surface area contributed by atoms with Gasteiger partial charge in [-0.1, -0.05) is 27.7 Å². The number of nitrogens with one attached hydrogen (secondary N) is 2. The van der Waals surface area contributed by atoms with Crippen molar-refractivity contribution in [2.24, 2.45) is 0 Å². The zero-order valence-electron chi connectivity index (χ0n) is 17.2. The molecule has 0 saturated carbocycles. The van der Waals surface area contributed by atoms with Crippen molar-refractivity contribution >= 4 is 57.1 Å². The molecule has 30 heavy (non-hydrogen) atoms. The van der Waals surface area contributed by atoms with Gasteiger partial charge in [0.1, 0.15) is 11.6 Å². The van der Waals surface area contributed by atoms with Crippen LogP contribution in [0.15, 0.2) is 38.4 Å². The molecule has 0 saturated heterocycles. The van der Waals surface area contributed by atoms with E-state index in [0.717, 1.165) is 22.0 Å². The number of carbonyl (C=O) groups excluding carboxylic acids is 2. The highest BCUT2D eigenvalue weighted by Gasteiger charge is 2.24. The van der Waals surface area contributed by atoms with Crippen LogP contribution in [0.5, 0.6) is 0 Å². The van der Waals surface area contributed by atoms with Gasteiger partial charge in [-0.2, -0.15) is 11.8 Å². The molecule has 0 aliphatic heterocycles. The molecule has 1 atom stereocenters. The highest BCUT2D eigenvalue weighted by Crippen LogP contribution is 2.23. The van der Waals surface area contributed by atoms with Gasteiger partial charge in [-0.25, -0.2) is 4.79 Å². The summed E-state index contributed by atoms with van der Waals surface area (Å²) in [5, 5.41) is 13.9. The molecule has 1 heterocycles. The third-order valence-electron chi connectivity index (χ3n) is 3.48. The Morgan fingerprint density at radius 3 is 2.57 bits per heavy atom. The van der Waals surface area contributed by atoms with Gasteiger partial charge in [-0.3, -0.25) is 4.79 Å². The maximum atomic E-state index is 12.1. The Balaban J connectivity index is 1.92. The Labute approximate surface area is 192 Å². The first kappa shape index (κ1) is 24.5. The summed E-state index contributed by atoms with van der Waals surface area (Å²) in [6, 6.07) is 6.83. The molecule has 0 fully saturated rings. The van der Waals surface area contributed by atoms with E-state index in [0.29, 0.717) is 12.1 Å². The number of aromatic nitrogens is 2. The normalized spacial score (nSPS) is 12.3. The third-order valence-corrected chi connectivity index (χ3v) is 5.47. The zero-order chi connectivity index (χ0) is 22.1. The van der Waals surface area contributed by atoms with Crippen LogP contribution < -0.4 is 10.6 Å². The van der Waals surface area contributed by atoms with Crippen LogP contribution in [0, 0.1) is 0 Å². The Morgan fingerprint density at radius 1 is 1.23 bits per heavy atom. The van der Waals surface area contributed by atoms with Crippen LogP contribution >= 0.6 is 39.5 Å². The van der Waals surface area contributed by atoms with Crippen molar-refractivity contribution in [2.45, 2.75) is 44.1 Å². The van der Waals surface area contributed by atoms with Crippen molar-refractivity contribution in [1.29, 1.82) is 0 Å². The SMILES string of the molecule is CSCCC(NC(=O)OC(C)(C)C)c1nnc(SCC(=O)Nc2ccc(Br)cc2)o1. The first-order valence-electron chi connectivity index (χ1n) is 9.16. The topological polar surface area (TPSA) is 106 Å². The Hall–Kier alpha value is -1.72. The molecule has 1 aromatic heterocycles. The highest BCUT2D eigenvalue weighted by molar-refractivity contribution is 9.10. The van der Waals surface area contributed by atoms with E-state index in [-0.39, 0.29) is 22.8 Å². The Bertz CT molecular complexity index is 840. The fourth-order valence-corrected chi connectivity index (χ4v) is 3.53. The number of alkyl carbamates (subject to hydrolysis) is 1. The quantitative estimate of drug-likeness (QED) is 0.454. The van der Waals surface area contributed by atoms with Gasteiger partial charge < -0.3 is 19.8 Å². The molecule has 0 spiro atoms. The summed E-state index contributed by atoms with van der Waals surface area (Å²) in [6.07, 6.45) is 2.04. The smallest absolute Gasteiger partial charge is 0.408 e. The summed E-state index contributed by atoms with van der Waals surface area (Å²) < 4.78 is 11.9. The molecule has 1 aromatic carbocycles. The van der Waals surface area contributed by atoms with Gasteiger partial charge in [0.25, 0.3) is 5.22 Å². The minimum absolute atomic E-state index is 0.118. The molecule has 8 nitrogen and oxygen atoms in total. The van der Waals surface area contributed by atoms with E-state index in [1.54, 1.807) is 44.7 Å². The minimum atomic E-state index is -0.605. The second-order valence-electron chi connectivity index (χ2n) is 7.23. The molecule has 164 valence electrons. The van der Waals surface area contributed by atoms with Crippen molar-refractivity contribution in [2.75, 3.05) is 23.1 Å². The summed E-state index contributed by atoms with van der Waals surface area (Å²) in [7, 11) is 0. The number of anilines is 1. The fraction of sp³-hybridized carbons (Fsp3) is 0.474. The molecule has 0 aliphatic carbocycles. The summed E-state index contributed by atoms with van der Waals surface area (Å²) >= 11 is 6.13. The van der Waals surface area contributed by atoms with E-state index in [2.05, 4.69) is 36.8 Å². The van der Waals surface area contributed by atoms with Crippen molar-refractivity contribution in [3.63, 3.8) is 0 Å². The van der Waals surface area contributed by atoms with Crippen molar-refractivity contribution < 1.29 is 18.7 Å². The predicted molar refractivity (Wildman–Crippen MR) is 123 cm³/mol.